The molecule has 0 aliphatic carbocycles. The third kappa shape index (κ3) is 4.39. The normalized spacial score (nSPS) is 19.2. The molecule has 0 fully saturated rings. The number of nitrogens with zero attached hydrogens (tertiary/aromatic N) is 2. The number of halogens is 4. The zero-order valence-corrected chi connectivity index (χ0v) is 18.6. The molecule has 2 amide bonds. The second-order valence-electron chi connectivity index (χ2n) is 8.57. The largest absolute Gasteiger partial charge is 0.443 e. The molecule has 1 aliphatic rings. The van der Waals surface area contributed by atoms with Gasteiger partial charge in [-0.05, 0) is 44.0 Å². The minimum Gasteiger partial charge on any atom is -0.443 e. The average molecular weight is 485 g/mol. The minimum atomic E-state index is -5.17. The van der Waals surface area contributed by atoms with E-state index in [4.69, 9.17) is 16.3 Å². The van der Waals surface area contributed by atoms with E-state index in [1.807, 2.05) is 0 Å². The number of rotatable bonds is 4. The molecule has 0 aromatic heterocycles. The van der Waals surface area contributed by atoms with E-state index in [1.165, 1.54) is 69.3 Å². The molecule has 0 bridgehead atoms. The topological polar surface area (TPSA) is 89.8 Å². The predicted octanol–water partition coefficient (Wildman–Crippen LogP) is 5.36. The Morgan fingerprint density at radius 1 is 1.18 bits per heavy atom. The van der Waals surface area contributed by atoms with Crippen molar-refractivity contribution in [2.45, 2.75) is 38.0 Å². The summed E-state index contributed by atoms with van der Waals surface area (Å²) in [6, 6.07) is 10.5. The third-order valence-electron chi connectivity index (χ3n) is 5.22. The molecule has 176 valence electrons. The second kappa shape index (κ2) is 8.33. The van der Waals surface area contributed by atoms with Crippen LogP contribution in [0.15, 0.2) is 48.5 Å². The maximum Gasteiger partial charge on any atom is 0.421 e. The molecule has 2 aromatic rings. The zero-order chi connectivity index (χ0) is 24.8. The van der Waals surface area contributed by atoms with Crippen molar-refractivity contribution in [3.05, 3.63) is 74.8 Å². The van der Waals surface area contributed by atoms with Crippen molar-refractivity contribution >= 4 is 29.3 Å². The molecule has 0 unspecified atom stereocenters. The van der Waals surface area contributed by atoms with Crippen molar-refractivity contribution in [1.82, 2.24) is 0 Å². The molecule has 0 N–H and O–H groups in total. The quantitative estimate of drug-likeness (QED) is 0.430. The van der Waals surface area contributed by atoms with E-state index in [0.717, 1.165) is 0 Å². The number of fused-ring (bicyclic) bond motifs is 1. The highest BCUT2D eigenvalue weighted by Gasteiger charge is 2.67. The Hall–Kier alpha value is -3.14. The summed E-state index contributed by atoms with van der Waals surface area (Å²) in [5.41, 5.74) is -4.27. The fourth-order valence-corrected chi connectivity index (χ4v) is 4.23. The van der Waals surface area contributed by atoms with Crippen molar-refractivity contribution in [3.63, 3.8) is 0 Å². The molecule has 0 radical (unpaired) electrons. The molecular weight excluding hydrogens is 465 g/mol. The van der Waals surface area contributed by atoms with Gasteiger partial charge in [0.15, 0.2) is 0 Å². The first-order valence-corrected chi connectivity index (χ1v) is 10.2. The molecule has 0 saturated heterocycles. The smallest absolute Gasteiger partial charge is 0.421 e. The van der Waals surface area contributed by atoms with Gasteiger partial charge in [0, 0.05) is 9.95 Å². The number of anilines is 1. The number of amides is 2. The van der Waals surface area contributed by atoms with Crippen LogP contribution in [0.3, 0.4) is 0 Å². The van der Waals surface area contributed by atoms with Crippen molar-refractivity contribution in [2.24, 2.45) is 5.92 Å². The van der Waals surface area contributed by atoms with Gasteiger partial charge in [-0.15, -0.1) is 0 Å². The van der Waals surface area contributed by atoms with E-state index in [0.29, 0.717) is 4.90 Å². The highest BCUT2D eigenvalue weighted by molar-refractivity contribution is 6.32. The molecule has 2 aromatic carbocycles. The summed E-state index contributed by atoms with van der Waals surface area (Å²) in [4.78, 5) is 37.5. The Morgan fingerprint density at radius 3 is 2.30 bits per heavy atom. The predicted molar refractivity (Wildman–Crippen MR) is 114 cm³/mol. The van der Waals surface area contributed by atoms with Gasteiger partial charge in [0.25, 0.3) is 5.91 Å². The van der Waals surface area contributed by atoms with E-state index in [9.17, 15) is 32.9 Å². The lowest BCUT2D eigenvalue weighted by Crippen LogP contribution is -2.55. The first-order valence-electron chi connectivity index (χ1n) is 9.81. The summed E-state index contributed by atoms with van der Waals surface area (Å²) in [5.74, 6) is -4.08. The van der Waals surface area contributed by atoms with Crippen LogP contribution >= 0.6 is 11.6 Å². The average Bonchev–Trinajstić information content (AvgIpc) is 2.92. The van der Waals surface area contributed by atoms with Gasteiger partial charge in [0.2, 0.25) is 6.54 Å². The molecule has 3 rings (SSSR count). The number of imide groups is 1. The number of carbonyl (C=O) groups is 2. The highest BCUT2D eigenvalue weighted by atomic mass is 35.5. The SMILES string of the molecule is CC(C)(C)OC(=O)N1C(=O)[C@@](c2ccccc2)([C@H](C[N+](=O)[O-])C(F)(F)F)c2ccc(Cl)cc21. The van der Waals surface area contributed by atoms with Gasteiger partial charge in [-0.25, -0.2) is 9.69 Å². The number of nitro groups is 1. The monoisotopic (exact) mass is 484 g/mol. The third-order valence-corrected chi connectivity index (χ3v) is 5.46. The standard InChI is InChI=1S/C22H20ClF3N2O5/c1-20(2,3)33-19(30)28-16-11-14(23)9-10-15(16)21(18(28)29,13-7-5-4-6-8-13)17(12-27(31)32)22(24,25)26/h4-11,17H,12H2,1-3H3/t17-,21+/m0/s1. The summed E-state index contributed by atoms with van der Waals surface area (Å²) in [6.45, 7) is 2.99. The van der Waals surface area contributed by atoms with Crippen LogP contribution in [0, 0.1) is 16.0 Å². The van der Waals surface area contributed by atoms with Gasteiger partial charge in [0.1, 0.15) is 16.9 Å². The van der Waals surface area contributed by atoms with E-state index in [1.54, 1.807) is 0 Å². The number of carbonyl (C=O) groups excluding carboxylic acids is 2. The fraction of sp³-hybridized carbons (Fsp3) is 0.364. The minimum absolute atomic E-state index is 0.0526. The van der Waals surface area contributed by atoms with E-state index in [-0.39, 0.29) is 21.8 Å². The first kappa shape index (κ1) is 24.5. The van der Waals surface area contributed by atoms with Crippen molar-refractivity contribution < 1.29 is 32.4 Å². The molecular formula is C22H20ClF3N2O5. The van der Waals surface area contributed by atoms with Gasteiger partial charge in [-0.1, -0.05) is 48.0 Å². The summed E-state index contributed by atoms with van der Waals surface area (Å²) < 4.78 is 48.4. The fourth-order valence-electron chi connectivity index (χ4n) is 4.07. The molecule has 1 aliphatic heterocycles. The highest BCUT2D eigenvalue weighted by Crippen LogP contribution is 2.55. The lowest BCUT2D eigenvalue weighted by molar-refractivity contribution is -0.499. The van der Waals surface area contributed by atoms with Crippen molar-refractivity contribution in [3.8, 4) is 0 Å². The van der Waals surface area contributed by atoms with Crippen LogP contribution in [0.25, 0.3) is 0 Å². The Kier molecular flexibility index (Phi) is 6.18. The number of ether oxygens (including phenoxy) is 1. The summed E-state index contributed by atoms with van der Waals surface area (Å²) in [6.07, 6.45) is -6.38. The molecule has 0 saturated carbocycles. The Labute approximate surface area is 192 Å². The van der Waals surface area contributed by atoms with Crippen LogP contribution in [-0.2, 0) is 14.9 Å². The van der Waals surface area contributed by atoms with Gasteiger partial charge in [-0.2, -0.15) is 13.2 Å². The van der Waals surface area contributed by atoms with Gasteiger partial charge in [-0.3, -0.25) is 14.9 Å². The summed E-state index contributed by atoms with van der Waals surface area (Å²) >= 11 is 6.05. The number of benzene rings is 2. The zero-order valence-electron chi connectivity index (χ0n) is 17.9. The van der Waals surface area contributed by atoms with Crippen LogP contribution in [0.4, 0.5) is 23.7 Å². The van der Waals surface area contributed by atoms with Crippen LogP contribution < -0.4 is 4.90 Å². The first-order chi connectivity index (χ1) is 15.2. The maximum atomic E-state index is 14.4. The summed E-state index contributed by atoms with van der Waals surface area (Å²) in [5, 5.41) is 11.4. The number of alkyl halides is 3. The number of hydrogen-bond donors (Lipinski definition) is 0. The molecule has 33 heavy (non-hydrogen) atoms. The maximum absolute atomic E-state index is 14.4. The van der Waals surface area contributed by atoms with E-state index in [2.05, 4.69) is 0 Å². The molecule has 7 nitrogen and oxygen atoms in total. The van der Waals surface area contributed by atoms with Crippen LogP contribution in [0.5, 0.6) is 0 Å². The van der Waals surface area contributed by atoms with E-state index >= 15 is 0 Å². The number of hydrogen-bond acceptors (Lipinski definition) is 5. The molecule has 1 heterocycles. The lowest BCUT2D eigenvalue weighted by Gasteiger charge is -2.36. The Morgan fingerprint density at radius 2 is 1.79 bits per heavy atom. The van der Waals surface area contributed by atoms with Crippen LogP contribution in [0.2, 0.25) is 5.02 Å². The summed E-state index contributed by atoms with van der Waals surface area (Å²) in [7, 11) is 0. The Balaban J connectivity index is 2.40. The van der Waals surface area contributed by atoms with E-state index < -0.39 is 46.6 Å². The van der Waals surface area contributed by atoms with Gasteiger partial charge < -0.3 is 4.74 Å². The molecule has 11 heteroatoms. The Bertz CT molecular complexity index is 1100. The van der Waals surface area contributed by atoms with Crippen molar-refractivity contribution in [2.75, 3.05) is 11.4 Å². The molecule has 2 atom stereocenters. The van der Waals surface area contributed by atoms with Crippen LogP contribution in [-0.4, -0.2) is 35.2 Å². The second-order valence-corrected chi connectivity index (χ2v) is 9.00. The van der Waals surface area contributed by atoms with Crippen molar-refractivity contribution in [1.29, 1.82) is 0 Å². The van der Waals surface area contributed by atoms with Gasteiger partial charge >= 0.3 is 12.3 Å². The van der Waals surface area contributed by atoms with Gasteiger partial charge in [0.05, 0.1) is 5.69 Å². The van der Waals surface area contributed by atoms with Crippen LogP contribution in [0.1, 0.15) is 31.9 Å². The molecule has 0 spiro atoms. The lowest BCUT2D eigenvalue weighted by atomic mass is 9.66.